The van der Waals surface area contributed by atoms with Gasteiger partial charge >= 0.3 is 5.97 Å². The summed E-state index contributed by atoms with van der Waals surface area (Å²) in [7, 11) is -3.81. The van der Waals surface area contributed by atoms with Crippen LogP contribution in [0.4, 0.5) is 0 Å². The number of carbonyl (C=O) groups is 1. The second kappa shape index (κ2) is 6.36. The highest BCUT2D eigenvalue weighted by Crippen LogP contribution is 2.20. The highest BCUT2D eigenvalue weighted by Gasteiger charge is 2.24. The second-order valence-corrected chi connectivity index (χ2v) is 6.12. The lowest BCUT2D eigenvalue weighted by Crippen LogP contribution is -2.39. The Kier molecular flexibility index (Phi) is 5.34. The number of rotatable bonds is 5. The van der Waals surface area contributed by atoms with Crippen LogP contribution in [-0.2, 0) is 19.6 Å². The molecule has 0 spiro atoms. The highest BCUT2D eigenvalue weighted by molar-refractivity contribution is 7.89. The van der Waals surface area contributed by atoms with Crippen LogP contribution < -0.4 is 4.72 Å². The van der Waals surface area contributed by atoms with Crippen molar-refractivity contribution in [3.05, 3.63) is 28.8 Å². The number of aryl methyl sites for hydroxylation is 1. The zero-order valence-electron chi connectivity index (χ0n) is 10.9. The number of esters is 1. The SMILES string of the molecule is CCOC(=O)C(C)NS(=O)(=O)c1cc(Cl)ccc1C. The third-order valence-corrected chi connectivity index (χ3v) is 4.33. The van der Waals surface area contributed by atoms with Gasteiger partial charge in [-0.25, -0.2) is 8.42 Å². The molecule has 106 valence electrons. The van der Waals surface area contributed by atoms with Crippen LogP contribution in [0.15, 0.2) is 23.1 Å². The smallest absolute Gasteiger partial charge is 0.323 e. The zero-order chi connectivity index (χ0) is 14.6. The number of halogens is 1. The van der Waals surface area contributed by atoms with Gasteiger partial charge in [-0.15, -0.1) is 0 Å². The molecular weight excluding hydrogens is 290 g/mol. The fourth-order valence-electron chi connectivity index (χ4n) is 1.48. The van der Waals surface area contributed by atoms with Gasteiger partial charge < -0.3 is 4.74 Å². The molecular formula is C12H16ClNO4S. The van der Waals surface area contributed by atoms with Gasteiger partial charge in [0.25, 0.3) is 0 Å². The van der Waals surface area contributed by atoms with E-state index in [2.05, 4.69) is 4.72 Å². The maximum absolute atomic E-state index is 12.1. The summed E-state index contributed by atoms with van der Waals surface area (Å²) in [5.41, 5.74) is 0.549. The number of hydrogen-bond acceptors (Lipinski definition) is 4. The number of nitrogens with one attached hydrogen (secondary N) is 1. The second-order valence-electron chi connectivity index (χ2n) is 4.00. The highest BCUT2D eigenvalue weighted by atomic mass is 35.5. The monoisotopic (exact) mass is 305 g/mol. The van der Waals surface area contributed by atoms with Crippen molar-refractivity contribution in [2.24, 2.45) is 0 Å². The molecule has 0 saturated carbocycles. The third-order valence-electron chi connectivity index (χ3n) is 2.41. The van der Waals surface area contributed by atoms with Crippen LogP contribution in [-0.4, -0.2) is 27.0 Å². The molecule has 5 nitrogen and oxygen atoms in total. The minimum Gasteiger partial charge on any atom is -0.465 e. The molecule has 1 unspecified atom stereocenters. The summed E-state index contributed by atoms with van der Waals surface area (Å²) in [4.78, 5) is 11.5. The maximum Gasteiger partial charge on any atom is 0.323 e. The average Bonchev–Trinajstić information content (AvgIpc) is 2.31. The van der Waals surface area contributed by atoms with E-state index >= 15 is 0 Å². The van der Waals surface area contributed by atoms with Crippen molar-refractivity contribution in [1.82, 2.24) is 4.72 Å². The lowest BCUT2D eigenvalue weighted by Gasteiger charge is -2.14. The number of carbonyl (C=O) groups excluding carboxylic acids is 1. The molecule has 19 heavy (non-hydrogen) atoms. The standard InChI is InChI=1S/C12H16ClNO4S/c1-4-18-12(15)9(3)14-19(16,17)11-7-10(13)6-5-8(11)2/h5-7,9,14H,4H2,1-3H3. The van der Waals surface area contributed by atoms with Gasteiger partial charge in [-0.1, -0.05) is 17.7 Å². The molecule has 7 heteroatoms. The minimum atomic E-state index is -3.81. The Bertz CT molecular complexity index is 571. The molecule has 1 aromatic carbocycles. The van der Waals surface area contributed by atoms with Crippen molar-refractivity contribution in [3.63, 3.8) is 0 Å². The number of ether oxygens (including phenoxy) is 1. The minimum absolute atomic E-state index is 0.0520. The van der Waals surface area contributed by atoms with Crippen LogP contribution in [0.2, 0.25) is 5.02 Å². The number of sulfonamides is 1. The van der Waals surface area contributed by atoms with Crippen molar-refractivity contribution < 1.29 is 17.9 Å². The molecule has 0 saturated heterocycles. The van der Waals surface area contributed by atoms with Gasteiger partial charge in [0.1, 0.15) is 6.04 Å². The molecule has 0 bridgehead atoms. The molecule has 1 rings (SSSR count). The molecule has 0 aliphatic carbocycles. The molecule has 0 aliphatic heterocycles. The molecule has 1 aromatic rings. The Labute approximate surface area is 118 Å². The van der Waals surface area contributed by atoms with Gasteiger partial charge in [-0.05, 0) is 38.5 Å². The van der Waals surface area contributed by atoms with Crippen molar-refractivity contribution in [1.29, 1.82) is 0 Å². The van der Waals surface area contributed by atoms with Gasteiger partial charge in [0.2, 0.25) is 10.0 Å². The summed E-state index contributed by atoms with van der Waals surface area (Å²) in [5.74, 6) is -0.620. The number of benzene rings is 1. The lowest BCUT2D eigenvalue weighted by atomic mass is 10.2. The van der Waals surface area contributed by atoms with E-state index < -0.39 is 22.0 Å². The van der Waals surface area contributed by atoms with E-state index in [9.17, 15) is 13.2 Å². The first-order chi connectivity index (χ1) is 8.77. The summed E-state index contributed by atoms with van der Waals surface area (Å²) in [5, 5.41) is 0.315. The molecule has 1 N–H and O–H groups in total. The van der Waals surface area contributed by atoms with Gasteiger partial charge in [0.15, 0.2) is 0 Å². The van der Waals surface area contributed by atoms with E-state index in [-0.39, 0.29) is 11.5 Å². The quantitative estimate of drug-likeness (QED) is 0.843. The van der Waals surface area contributed by atoms with Crippen LogP contribution in [0.5, 0.6) is 0 Å². The molecule has 0 aliphatic rings. The first kappa shape index (κ1) is 15.9. The van der Waals surface area contributed by atoms with Crippen LogP contribution in [0, 0.1) is 6.92 Å². The van der Waals surface area contributed by atoms with Gasteiger partial charge in [0, 0.05) is 5.02 Å². The van der Waals surface area contributed by atoms with Crippen LogP contribution in [0.25, 0.3) is 0 Å². The van der Waals surface area contributed by atoms with E-state index in [1.54, 1.807) is 26.0 Å². The maximum atomic E-state index is 12.1. The van der Waals surface area contributed by atoms with Crippen LogP contribution in [0.3, 0.4) is 0 Å². The van der Waals surface area contributed by atoms with Crippen LogP contribution in [0.1, 0.15) is 19.4 Å². The molecule has 1 atom stereocenters. The van der Waals surface area contributed by atoms with E-state index in [0.717, 1.165) is 0 Å². The fraction of sp³-hybridized carbons (Fsp3) is 0.417. The van der Waals surface area contributed by atoms with E-state index in [1.807, 2.05) is 0 Å². The number of hydrogen-bond donors (Lipinski definition) is 1. The van der Waals surface area contributed by atoms with E-state index in [0.29, 0.717) is 10.6 Å². The van der Waals surface area contributed by atoms with Crippen molar-refractivity contribution >= 4 is 27.6 Å². The molecule has 0 amide bonds. The Balaban J connectivity index is 2.99. The molecule has 0 aromatic heterocycles. The van der Waals surface area contributed by atoms with Crippen molar-refractivity contribution in [2.45, 2.75) is 31.7 Å². The topological polar surface area (TPSA) is 72.5 Å². The molecule has 0 heterocycles. The summed E-state index contributed by atoms with van der Waals surface area (Å²) in [6.07, 6.45) is 0. The molecule has 0 fully saturated rings. The van der Waals surface area contributed by atoms with Crippen molar-refractivity contribution in [3.8, 4) is 0 Å². The van der Waals surface area contributed by atoms with Gasteiger partial charge in [0.05, 0.1) is 11.5 Å². The predicted octanol–water partition coefficient (Wildman–Crippen LogP) is 1.88. The summed E-state index contributed by atoms with van der Waals surface area (Å²) in [6, 6.07) is 3.59. The summed E-state index contributed by atoms with van der Waals surface area (Å²) >= 11 is 5.79. The lowest BCUT2D eigenvalue weighted by molar-refractivity contribution is -0.144. The Morgan fingerprint density at radius 3 is 2.68 bits per heavy atom. The zero-order valence-corrected chi connectivity index (χ0v) is 12.5. The predicted molar refractivity (Wildman–Crippen MR) is 72.6 cm³/mol. The van der Waals surface area contributed by atoms with Crippen LogP contribution >= 0.6 is 11.6 Å². The Hall–Kier alpha value is -1.11. The van der Waals surface area contributed by atoms with Crippen molar-refractivity contribution in [2.75, 3.05) is 6.61 Å². The average molecular weight is 306 g/mol. The Morgan fingerprint density at radius 1 is 1.47 bits per heavy atom. The summed E-state index contributed by atoms with van der Waals surface area (Å²) in [6.45, 7) is 4.93. The van der Waals surface area contributed by atoms with Gasteiger partial charge in [-0.3, -0.25) is 4.79 Å². The fourth-order valence-corrected chi connectivity index (χ4v) is 3.17. The molecule has 0 radical (unpaired) electrons. The first-order valence-electron chi connectivity index (χ1n) is 5.73. The summed E-state index contributed by atoms with van der Waals surface area (Å²) < 4.78 is 31.3. The third kappa shape index (κ3) is 4.19. The normalized spacial score (nSPS) is 13.1. The van der Waals surface area contributed by atoms with E-state index in [1.165, 1.54) is 13.0 Å². The van der Waals surface area contributed by atoms with E-state index in [4.69, 9.17) is 16.3 Å². The largest absolute Gasteiger partial charge is 0.465 e. The first-order valence-corrected chi connectivity index (χ1v) is 7.59. The Morgan fingerprint density at radius 2 is 2.11 bits per heavy atom. The van der Waals surface area contributed by atoms with Gasteiger partial charge in [-0.2, -0.15) is 4.72 Å².